The van der Waals surface area contributed by atoms with Crippen LogP contribution in [-0.2, 0) is 11.8 Å². The van der Waals surface area contributed by atoms with Gasteiger partial charge < -0.3 is 10.2 Å². The molecule has 5 nitrogen and oxygen atoms in total. The van der Waals surface area contributed by atoms with Crippen molar-refractivity contribution >= 4 is 11.6 Å². The summed E-state index contributed by atoms with van der Waals surface area (Å²) in [6.07, 6.45) is 4.96. The Kier molecular flexibility index (Phi) is 4.01. The molecule has 0 radical (unpaired) electrons. The lowest BCUT2D eigenvalue weighted by atomic mass is 10.0. The second-order valence-electron chi connectivity index (χ2n) is 4.91. The molecule has 1 amide bonds. The maximum atomic E-state index is 12.4. The first kappa shape index (κ1) is 13.1. The van der Waals surface area contributed by atoms with Gasteiger partial charge in [-0.25, -0.2) is 0 Å². The molecule has 18 heavy (non-hydrogen) atoms. The highest BCUT2D eigenvalue weighted by Crippen LogP contribution is 2.23. The number of hydrogen-bond donors (Lipinski definition) is 1. The molecule has 0 spiro atoms. The Morgan fingerprint density at radius 2 is 2.33 bits per heavy atom. The fourth-order valence-electron chi connectivity index (χ4n) is 2.47. The molecule has 1 aliphatic heterocycles. The van der Waals surface area contributed by atoms with Crippen LogP contribution in [0.2, 0.25) is 0 Å². The highest BCUT2D eigenvalue weighted by molar-refractivity contribution is 5.98. The largest absolute Gasteiger partial charge is 0.308 e. The lowest BCUT2D eigenvalue weighted by Gasteiger charge is -2.32. The van der Waals surface area contributed by atoms with Crippen LogP contribution in [-0.4, -0.2) is 34.8 Å². The van der Waals surface area contributed by atoms with Crippen molar-refractivity contribution in [3.05, 3.63) is 11.9 Å². The molecule has 1 aromatic heterocycles. The Balaban J connectivity index is 2.13. The molecule has 1 N–H and O–H groups in total. The van der Waals surface area contributed by atoms with Gasteiger partial charge in [-0.1, -0.05) is 6.92 Å². The number of aromatic nitrogens is 2. The van der Waals surface area contributed by atoms with Crippen molar-refractivity contribution < 1.29 is 4.79 Å². The van der Waals surface area contributed by atoms with Crippen LogP contribution in [0.15, 0.2) is 6.20 Å². The van der Waals surface area contributed by atoms with E-state index in [-0.39, 0.29) is 11.9 Å². The molecule has 100 valence electrons. The average Bonchev–Trinajstić information content (AvgIpc) is 2.67. The molecular formula is C13H22N4O. The van der Waals surface area contributed by atoms with Crippen molar-refractivity contribution in [2.45, 2.75) is 39.2 Å². The van der Waals surface area contributed by atoms with Gasteiger partial charge in [-0.2, -0.15) is 5.10 Å². The number of piperidine rings is 1. The standard InChI is InChI=1S/C13H22N4O/c1-4-7-14-11-6-5-8-17(13(11)18)12-9-16(3)15-10(12)2/h9,11,14H,4-8H2,1-3H3. The van der Waals surface area contributed by atoms with E-state index in [2.05, 4.69) is 17.3 Å². The summed E-state index contributed by atoms with van der Waals surface area (Å²) in [6, 6.07) is -0.0293. The third-order valence-electron chi connectivity index (χ3n) is 3.36. The summed E-state index contributed by atoms with van der Waals surface area (Å²) in [5.41, 5.74) is 1.87. The summed E-state index contributed by atoms with van der Waals surface area (Å²) in [5, 5.41) is 7.64. The first-order chi connectivity index (χ1) is 8.63. The molecule has 0 saturated carbocycles. The second-order valence-corrected chi connectivity index (χ2v) is 4.91. The van der Waals surface area contributed by atoms with Gasteiger partial charge in [0.25, 0.3) is 0 Å². The molecule has 1 fully saturated rings. The van der Waals surface area contributed by atoms with E-state index >= 15 is 0 Å². The summed E-state index contributed by atoms with van der Waals surface area (Å²) in [6.45, 7) is 5.76. The third kappa shape index (κ3) is 2.56. The van der Waals surface area contributed by atoms with Gasteiger partial charge in [0.1, 0.15) is 0 Å². The van der Waals surface area contributed by atoms with Crippen molar-refractivity contribution in [1.82, 2.24) is 15.1 Å². The number of rotatable bonds is 4. The molecule has 0 bridgehead atoms. The van der Waals surface area contributed by atoms with Crippen LogP contribution in [0.5, 0.6) is 0 Å². The van der Waals surface area contributed by atoms with Crippen LogP contribution >= 0.6 is 0 Å². The first-order valence-corrected chi connectivity index (χ1v) is 6.68. The number of carbonyl (C=O) groups excluding carboxylic acids is 1. The number of anilines is 1. The van der Waals surface area contributed by atoms with E-state index in [0.29, 0.717) is 0 Å². The molecule has 1 aliphatic rings. The normalized spacial score (nSPS) is 20.5. The fraction of sp³-hybridized carbons (Fsp3) is 0.692. The van der Waals surface area contributed by atoms with Gasteiger partial charge in [0, 0.05) is 19.8 Å². The van der Waals surface area contributed by atoms with Crippen LogP contribution in [0.25, 0.3) is 0 Å². The zero-order chi connectivity index (χ0) is 13.1. The van der Waals surface area contributed by atoms with Gasteiger partial charge in [0.05, 0.1) is 17.4 Å². The summed E-state index contributed by atoms with van der Waals surface area (Å²) < 4.78 is 1.76. The minimum Gasteiger partial charge on any atom is -0.308 e. The molecule has 1 aromatic rings. The van der Waals surface area contributed by atoms with E-state index < -0.39 is 0 Å². The molecule has 1 unspecified atom stereocenters. The van der Waals surface area contributed by atoms with E-state index in [1.165, 1.54) is 0 Å². The van der Waals surface area contributed by atoms with E-state index in [4.69, 9.17) is 0 Å². The number of amides is 1. The predicted octanol–water partition coefficient (Wildman–Crippen LogP) is 1.22. The highest BCUT2D eigenvalue weighted by atomic mass is 16.2. The molecular weight excluding hydrogens is 228 g/mol. The minimum atomic E-state index is -0.0293. The highest BCUT2D eigenvalue weighted by Gasteiger charge is 2.30. The van der Waals surface area contributed by atoms with E-state index in [9.17, 15) is 4.79 Å². The summed E-state index contributed by atoms with van der Waals surface area (Å²) in [5.74, 6) is 0.186. The SMILES string of the molecule is CCCNC1CCCN(c2cn(C)nc2C)C1=O. The molecule has 1 atom stereocenters. The topological polar surface area (TPSA) is 50.2 Å². The van der Waals surface area contributed by atoms with Crippen molar-refractivity contribution in [3.8, 4) is 0 Å². The molecule has 0 aromatic carbocycles. The average molecular weight is 250 g/mol. The molecule has 5 heteroatoms. The van der Waals surface area contributed by atoms with E-state index in [1.807, 2.05) is 25.1 Å². The Morgan fingerprint density at radius 1 is 1.56 bits per heavy atom. The third-order valence-corrected chi connectivity index (χ3v) is 3.36. The summed E-state index contributed by atoms with van der Waals surface area (Å²) >= 11 is 0. The number of nitrogens with zero attached hydrogens (tertiary/aromatic N) is 3. The second kappa shape index (κ2) is 5.52. The Bertz CT molecular complexity index is 427. The van der Waals surface area contributed by atoms with Gasteiger partial charge in [0.15, 0.2) is 0 Å². The van der Waals surface area contributed by atoms with E-state index in [1.54, 1.807) is 4.68 Å². The maximum absolute atomic E-state index is 12.4. The minimum absolute atomic E-state index is 0.0293. The molecule has 2 heterocycles. The van der Waals surface area contributed by atoms with Crippen molar-refractivity contribution in [1.29, 1.82) is 0 Å². The van der Waals surface area contributed by atoms with Crippen molar-refractivity contribution in [2.24, 2.45) is 7.05 Å². The van der Waals surface area contributed by atoms with Crippen LogP contribution < -0.4 is 10.2 Å². The molecule has 2 rings (SSSR count). The number of aryl methyl sites for hydroxylation is 2. The smallest absolute Gasteiger partial charge is 0.244 e. The van der Waals surface area contributed by atoms with Crippen LogP contribution in [0, 0.1) is 6.92 Å². The fourth-order valence-corrected chi connectivity index (χ4v) is 2.47. The number of hydrogen-bond acceptors (Lipinski definition) is 3. The van der Waals surface area contributed by atoms with Crippen molar-refractivity contribution in [3.63, 3.8) is 0 Å². The molecule has 0 aliphatic carbocycles. The van der Waals surface area contributed by atoms with Gasteiger partial charge in [-0.15, -0.1) is 0 Å². The molecule has 1 saturated heterocycles. The Morgan fingerprint density at radius 3 is 2.94 bits per heavy atom. The van der Waals surface area contributed by atoms with Gasteiger partial charge >= 0.3 is 0 Å². The van der Waals surface area contributed by atoms with Gasteiger partial charge in [-0.3, -0.25) is 9.48 Å². The maximum Gasteiger partial charge on any atom is 0.244 e. The lowest BCUT2D eigenvalue weighted by molar-refractivity contribution is -0.121. The zero-order valence-electron chi connectivity index (χ0n) is 11.4. The first-order valence-electron chi connectivity index (χ1n) is 6.68. The summed E-state index contributed by atoms with van der Waals surface area (Å²) in [4.78, 5) is 14.3. The zero-order valence-corrected chi connectivity index (χ0v) is 11.4. The van der Waals surface area contributed by atoms with Crippen LogP contribution in [0.3, 0.4) is 0 Å². The van der Waals surface area contributed by atoms with Gasteiger partial charge in [-0.05, 0) is 32.7 Å². The van der Waals surface area contributed by atoms with E-state index in [0.717, 1.165) is 43.7 Å². The quantitative estimate of drug-likeness (QED) is 0.874. The van der Waals surface area contributed by atoms with Crippen LogP contribution in [0.4, 0.5) is 5.69 Å². The number of carbonyl (C=O) groups is 1. The predicted molar refractivity (Wildman–Crippen MR) is 71.6 cm³/mol. The summed E-state index contributed by atoms with van der Waals surface area (Å²) in [7, 11) is 1.89. The lowest BCUT2D eigenvalue weighted by Crippen LogP contribution is -2.51. The Labute approximate surface area is 108 Å². The Hall–Kier alpha value is -1.36. The van der Waals surface area contributed by atoms with Crippen molar-refractivity contribution in [2.75, 3.05) is 18.0 Å². The number of nitrogens with one attached hydrogen (secondary N) is 1. The monoisotopic (exact) mass is 250 g/mol. The van der Waals surface area contributed by atoms with Crippen LogP contribution in [0.1, 0.15) is 31.9 Å². The van der Waals surface area contributed by atoms with Gasteiger partial charge in [0.2, 0.25) is 5.91 Å².